The second-order valence-corrected chi connectivity index (χ2v) is 7.02. The highest BCUT2D eigenvalue weighted by atomic mass is 16.5. The first kappa shape index (κ1) is 17.2. The molecule has 1 amide bonds. The van der Waals surface area contributed by atoms with Gasteiger partial charge in [-0.15, -0.1) is 0 Å². The van der Waals surface area contributed by atoms with E-state index >= 15 is 0 Å². The van der Waals surface area contributed by atoms with Gasteiger partial charge in [0, 0.05) is 50.0 Å². The molecule has 2 fully saturated rings. The Morgan fingerprint density at radius 3 is 2.85 bits per heavy atom. The van der Waals surface area contributed by atoms with Gasteiger partial charge in [-0.25, -0.2) is 0 Å². The minimum absolute atomic E-state index is 0.0662. The number of para-hydroxylation sites is 1. The quantitative estimate of drug-likeness (QED) is 0.919. The van der Waals surface area contributed by atoms with Crippen molar-refractivity contribution in [3.05, 3.63) is 65.7 Å². The Kier molecular flexibility index (Phi) is 5.29. The normalized spacial score (nSPS) is 21.2. The third kappa shape index (κ3) is 4.12. The van der Waals surface area contributed by atoms with Gasteiger partial charge in [0.05, 0.1) is 13.2 Å². The molecule has 2 aromatic rings. The standard InChI is InChI=1S/C21H25N3O2/c25-21(22-19-7-2-1-3-8-19)18-6-4-5-17(13-18)14-23-9-10-24-11-12-26-16-20(24)15-23/h1-8,13,20H,9-12,14-16H2,(H,22,25). The number of anilines is 1. The molecule has 2 heterocycles. The maximum absolute atomic E-state index is 12.5. The van der Waals surface area contributed by atoms with E-state index in [9.17, 15) is 4.79 Å². The number of hydrogen-bond acceptors (Lipinski definition) is 4. The number of fused-ring (bicyclic) bond motifs is 1. The summed E-state index contributed by atoms with van der Waals surface area (Å²) in [4.78, 5) is 17.5. The lowest BCUT2D eigenvalue weighted by atomic mass is 10.1. The molecule has 26 heavy (non-hydrogen) atoms. The highest BCUT2D eigenvalue weighted by Gasteiger charge is 2.29. The summed E-state index contributed by atoms with van der Waals surface area (Å²) >= 11 is 0. The zero-order chi connectivity index (χ0) is 17.8. The molecule has 0 aliphatic carbocycles. The minimum Gasteiger partial charge on any atom is -0.378 e. The minimum atomic E-state index is -0.0662. The predicted octanol–water partition coefficient (Wildman–Crippen LogP) is 2.46. The van der Waals surface area contributed by atoms with E-state index in [4.69, 9.17) is 4.74 Å². The molecule has 4 rings (SSSR count). The van der Waals surface area contributed by atoms with Gasteiger partial charge in [0.1, 0.15) is 0 Å². The predicted molar refractivity (Wildman–Crippen MR) is 102 cm³/mol. The van der Waals surface area contributed by atoms with Gasteiger partial charge in [0.2, 0.25) is 0 Å². The topological polar surface area (TPSA) is 44.8 Å². The van der Waals surface area contributed by atoms with Gasteiger partial charge in [-0.2, -0.15) is 0 Å². The van der Waals surface area contributed by atoms with Gasteiger partial charge in [0.25, 0.3) is 5.91 Å². The molecule has 2 aliphatic rings. The second kappa shape index (κ2) is 7.99. The molecule has 136 valence electrons. The van der Waals surface area contributed by atoms with Crippen LogP contribution in [0.1, 0.15) is 15.9 Å². The first-order valence-corrected chi connectivity index (χ1v) is 9.27. The van der Waals surface area contributed by atoms with Crippen LogP contribution in [0, 0.1) is 0 Å². The zero-order valence-corrected chi connectivity index (χ0v) is 14.9. The monoisotopic (exact) mass is 351 g/mol. The van der Waals surface area contributed by atoms with Gasteiger partial charge in [0.15, 0.2) is 0 Å². The molecule has 0 spiro atoms. The first-order chi connectivity index (χ1) is 12.8. The average Bonchev–Trinajstić information content (AvgIpc) is 2.69. The summed E-state index contributed by atoms with van der Waals surface area (Å²) in [5, 5.41) is 2.95. The van der Waals surface area contributed by atoms with Crippen molar-refractivity contribution in [2.45, 2.75) is 12.6 Å². The molecule has 1 atom stereocenters. The SMILES string of the molecule is O=C(Nc1ccccc1)c1cccc(CN2CCN3CCOCC3C2)c1. The molecule has 0 radical (unpaired) electrons. The number of benzene rings is 2. The summed E-state index contributed by atoms with van der Waals surface area (Å²) in [6.07, 6.45) is 0. The zero-order valence-electron chi connectivity index (χ0n) is 14.9. The maximum atomic E-state index is 12.5. The maximum Gasteiger partial charge on any atom is 0.255 e. The lowest BCUT2D eigenvalue weighted by molar-refractivity contribution is -0.0461. The number of piperazine rings is 1. The number of hydrogen-bond donors (Lipinski definition) is 1. The molecular formula is C21H25N3O2. The smallest absolute Gasteiger partial charge is 0.255 e. The summed E-state index contributed by atoms with van der Waals surface area (Å²) in [5.74, 6) is -0.0662. The number of rotatable bonds is 4. The highest BCUT2D eigenvalue weighted by Crippen LogP contribution is 2.17. The Balaban J connectivity index is 1.39. The summed E-state index contributed by atoms with van der Waals surface area (Å²) in [6, 6.07) is 18.0. The van der Waals surface area contributed by atoms with E-state index in [1.165, 1.54) is 5.56 Å². The van der Waals surface area contributed by atoms with Crippen LogP contribution < -0.4 is 5.32 Å². The molecule has 2 aliphatic heterocycles. The fourth-order valence-electron chi connectivity index (χ4n) is 3.75. The van der Waals surface area contributed by atoms with Crippen LogP contribution in [0.3, 0.4) is 0 Å². The van der Waals surface area contributed by atoms with Crippen LogP contribution in [0.2, 0.25) is 0 Å². The Bertz CT molecular complexity index is 750. The Hall–Kier alpha value is -2.21. The number of carbonyl (C=O) groups is 1. The van der Waals surface area contributed by atoms with Gasteiger partial charge in [-0.1, -0.05) is 30.3 Å². The second-order valence-electron chi connectivity index (χ2n) is 7.02. The molecule has 5 nitrogen and oxygen atoms in total. The van der Waals surface area contributed by atoms with Gasteiger partial charge < -0.3 is 10.1 Å². The van der Waals surface area contributed by atoms with Crippen LogP contribution >= 0.6 is 0 Å². The molecule has 0 bridgehead atoms. The van der Waals surface area contributed by atoms with Crippen LogP contribution in [-0.2, 0) is 11.3 Å². The number of morpholine rings is 1. The van der Waals surface area contributed by atoms with Crippen molar-refractivity contribution in [3.8, 4) is 0 Å². The average molecular weight is 351 g/mol. The van der Waals surface area contributed by atoms with Gasteiger partial charge in [-0.3, -0.25) is 14.6 Å². The molecule has 0 aromatic heterocycles. The molecular weight excluding hydrogens is 326 g/mol. The molecule has 2 aromatic carbocycles. The number of ether oxygens (including phenoxy) is 1. The fraction of sp³-hybridized carbons (Fsp3) is 0.381. The third-order valence-electron chi connectivity index (χ3n) is 5.15. The van der Waals surface area contributed by atoms with Crippen LogP contribution in [0.25, 0.3) is 0 Å². The number of carbonyl (C=O) groups excluding carboxylic acids is 1. The number of nitrogens with one attached hydrogen (secondary N) is 1. The number of nitrogens with zero attached hydrogens (tertiary/aromatic N) is 2. The Labute approximate surface area is 154 Å². The molecule has 1 unspecified atom stereocenters. The van der Waals surface area contributed by atoms with Crippen LogP contribution in [0.4, 0.5) is 5.69 Å². The third-order valence-corrected chi connectivity index (χ3v) is 5.15. The van der Waals surface area contributed by atoms with E-state index in [-0.39, 0.29) is 5.91 Å². The summed E-state index contributed by atoms with van der Waals surface area (Å²) in [6.45, 7) is 6.80. The van der Waals surface area contributed by atoms with Gasteiger partial charge in [-0.05, 0) is 29.8 Å². The molecule has 2 saturated heterocycles. The Morgan fingerprint density at radius 2 is 1.96 bits per heavy atom. The number of amides is 1. The largest absolute Gasteiger partial charge is 0.378 e. The van der Waals surface area contributed by atoms with E-state index in [0.717, 1.165) is 51.6 Å². The van der Waals surface area contributed by atoms with E-state index in [2.05, 4.69) is 21.2 Å². The van der Waals surface area contributed by atoms with Crippen molar-refractivity contribution in [1.82, 2.24) is 9.80 Å². The first-order valence-electron chi connectivity index (χ1n) is 9.27. The van der Waals surface area contributed by atoms with Crippen molar-refractivity contribution in [2.75, 3.05) is 44.7 Å². The lowest BCUT2D eigenvalue weighted by Gasteiger charge is -2.43. The van der Waals surface area contributed by atoms with E-state index in [1.54, 1.807) is 0 Å². The highest BCUT2D eigenvalue weighted by molar-refractivity contribution is 6.04. The molecule has 1 N–H and O–H groups in total. The van der Waals surface area contributed by atoms with Crippen molar-refractivity contribution < 1.29 is 9.53 Å². The van der Waals surface area contributed by atoms with Crippen molar-refractivity contribution >= 4 is 11.6 Å². The molecule has 0 saturated carbocycles. The van der Waals surface area contributed by atoms with Gasteiger partial charge >= 0.3 is 0 Å². The van der Waals surface area contributed by atoms with E-state index < -0.39 is 0 Å². The van der Waals surface area contributed by atoms with Crippen LogP contribution in [0.5, 0.6) is 0 Å². The van der Waals surface area contributed by atoms with Crippen LogP contribution in [-0.4, -0.2) is 61.1 Å². The summed E-state index contributed by atoms with van der Waals surface area (Å²) < 4.78 is 5.62. The Morgan fingerprint density at radius 1 is 1.08 bits per heavy atom. The fourth-order valence-corrected chi connectivity index (χ4v) is 3.75. The van der Waals surface area contributed by atoms with Crippen molar-refractivity contribution in [3.63, 3.8) is 0 Å². The van der Waals surface area contributed by atoms with E-state index in [1.807, 2.05) is 48.5 Å². The van der Waals surface area contributed by atoms with E-state index in [0.29, 0.717) is 11.6 Å². The summed E-state index contributed by atoms with van der Waals surface area (Å²) in [5.41, 5.74) is 2.69. The summed E-state index contributed by atoms with van der Waals surface area (Å²) in [7, 11) is 0. The van der Waals surface area contributed by atoms with Crippen LogP contribution in [0.15, 0.2) is 54.6 Å². The van der Waals surface area contributed by atoms with Crippen molar-refractivity contribution in [2.24, 2.45) is 0 Å². The van der Waals surface area contributed by atoms with Crippen molar-refractivity contribution in [1.29, 1.82) is 0 Å². The lowest BCUT2D eigenvalue weighted by Crippen LogP contribution is -2.57. The molecule has 5 heteroatoms.